The molecule has 3 heteroatoms. The number of hydrogen-bond donors (Lipinski definition) is 1. The maximum atomic E-state index is 5.43. The van der Waals surface area contributed by atoms with Crippen LogP contribution in [0.5, 0.6) is 0 Å². The Hall–Kier alpha value is 0.720. The molecule has 0 bridgehead atoms. The van der Waals surface area contributed by atoms with E-state index < -0.39 is 0 Å². The largest absolute Gasteiger partial charge is 0.312 e. The third-order valence-electron chi connectivity index (χ3n) is 0.861. The van der Waals surface area contributed by atoms with Crippen LogP contribution in [0.1, 0.15) is 6.92 Å². The first-order chi connectivity index (χ1) is 4.31. The lowest BCUT2D eigenvalue weighted by Gasteiger charge is -1.99. The van der Waals surface area contributed by atoms with E-state index in [9.17, 15) is 0 Å². The van der Waals surface area contributed by atoms with Crippen molar-refractivity contribution in [2.75, 3.05) is 17.5 Å². The number of halogens is 2. The summed E-state index contributed by atoms with van der Waals surface area (Å²) in [6.07, 6.45) is 0. The molecule has 0 rings (SSSR count). The Labute approximate surface area is 75.0 Å². The van der Waals surface area contributed by atoms with Crippen molar-refractivity contribution in [2.45, 2.75) is 6.92 Å². The summed E-state index contributed by atoms with van der Waals surface area (Å²) in [5.74, 6) is 0. The van der Waals surface area contributed by atoms with E-state index in [2.05, 4.69) is 27.9 Å². The molecule has 0 saturated heterocycles. The quantitative estimate of drug-likeness (QED) is 0.463. The van der Waals surface area contributed by atoms with Crippen LogP contribution in [0.2, 0.25) is 0 Å². The second kappa shape index (κ2) is 6.83. The molecule has 0 heterocycles. The molecule has 0 fully saturated rings. The van der Waals surface area contributed by atoms with Gasteiger partial charge in [-0.15, -0.1) is 0 Å². The summed E-state index contributed by atoms with van der Waals surface area (Å²) >= 11 is 7.76. The molecule has 0 aromatic carbocycles. The van der Waals surface area contributed by atoms with Crippen LogP contribution >= 0.6 is 34.2 Å². The molecule has 0 radical (unpaired) electrons. The average Bonchev–Trinajstić information content (AvgIpc) is 1.89. The highest BCUT2D eigenvalue weighted by Crippen LogP contribution is 1.91. The lowest BCUT2D eigenvalue weighted by atomic mass is 10.3. The highest BCUT2D eigenvalue weighted by molar-refractivity contribution is 14.1. The molecular formula is C6H11ClIN. The molecule has 0 aliphatic carbocycles. The molecule has 54 valence electrons. The molecule has 0 aliphatic heterocycles. The van der Waals surface area contributed by atoms with E-state index in [1.807, 2.05) is 6.92 Å². The van der Waals surface area contributed by atoms with Gasteiger partial charge in [0.15, 0.2) is 0 Å². The molecule has 0 aromatic rings. The van der Waals surface area contributed by atoms with E-state index >= 15 is 0 Å². The highest BCUT2D eigenvalue weighted by atomic mass is 127. The Morgan fingerprint density at radius 2 is 2.44 bits per heavy atom. The second-order valence-corrected chi connectivity index (χ2v) is 3.12. The molecule has 1 N–H and O–H groups in total. The van der Waals surface area contributed by atoms with Gasteiger partial charge in [-0.25, -0.2) is 0 Å². The van der Waals surface area contributed by atoms with Crippen LogP contribution in [-0.2, 0) is 0 Å². The molecule has 1 nitrogen and oxygen atoms in total. The van der Waals surface area contributed by atoms with Gasteiger partial charge in [0, 0.05) is 23.1 Å². The van der Waals surface area contributed by atoms with Crippen LogP contribution in [-0.4, -0.2) is 17.5 Å². The first kappa shape index (κ1) is 9.72. The zero-order chi connectivity index (χ0) is 7.11. The highest BCUT2D eigenvalue weighted by Gasteiger charge is 1.85. The number of nitrogens with one attached hydrogen (secondary N) is 1. The lowest BCUT2D eigenvalue weighted by molar-refractivity contribution is 0.788. The lowest BCUT2D eigenvalue weighted by Crippen LogP contribution is -2.17. The zero-order valence-electron chi connectivity index (χ0n) is 5.45. The average molecular weight is 260 g/mol. The van der Waals surface area contributed by atoms with Crippen LogP contribution in [0.25, 0.3) is 0 Å². The van der Waals surface area contributed by atoms with Crippen molar-refractivity contribution in [2.24, 2.45) is 0 Å². The summed E-state index contributed by atoms with van der Waals surface area (Å²) in [5.41, 5.74) is 2.79. The zero-order valence-corrected chi connectivity index (χ0v) is 8.37. The van der Waals surface area contributed by atoms with Crippen molar-refractivity contribution in [1.82, 2.24) is 5.32 Å². The maximum absolute atomic E-state index is 5.43. The van der Waals surface area contributed by atoms with E-state index in [1.54, 1.807) is 5.54 Å². The van der Waals surface area contributed by atoms with Crippen molar-refractivity contribution in [3.05, 3.63) is 11.1 Å². The van der Waals surface area contributed by atoms with E-state index in [1.165, 1.54) is 5.57 Å². The predicted octanol–water partition coefficient (Wildman–Crippen LogP) is 2.15. The summed E-state index contributed by atoms with van der Waals surface area (Å²) in [6, 6.07) is 0. The van der Waals surface area contributed by atoms with Crippen molar-refractivity contribution < 1.29 is 0 Å². The molecule has 9 heavy (non-hydrogen) atoms. The number of rotatable bonds is 4. The van der Waals surface area contributed by atoms with E-state index in [-0.39, 0.29) is 0 Å². The summed E-state index contributed by atoms with van der Waals surface area (Å²) in [4.78, 5) is 0. The molecule has 0 saturated carbocycles. The Bertz CT molecular complexity index is 93.1. The summed E-state index contributed by atoms with van der Waals surface area (Å²) in [7, 11) is 0. The Kier molecular flexibility index (Phi) is 7.38. The summed E-state index contributed by atoms with van der Waals surface area (Å²) < 4.78 is 1.15. The smallest absolute Gasteiger partial charge is 0.0173 e. The van der Waals surface area contributed by atoms with E-state index in [4.69, 9.17) is 11.6 Å². The Morgan fingerprint density at radius 3 is 2.89 bits per heavy atom. The second-order valence-electron chi connectivity index (χ2n) is 1.82. The van der Waals surface area contributed by atoms with Gasteiger partial charge in [-0.05, 0) is 12.5 Å². The fourth-order valence-corrected chi connectivity index (χ4v) is 0.849. The SMILES string of the molecule is C/C(=C\Cl)CNCCI. The van der Waals surface area contributed by atoms with Crippen molar-refractivity contribution in [3.63, 3.8) is 0 Å². The number of hydrogen-bond acceptors (Lipinski definition) is 1. The van der Waals surface area contributed by atoms with Gasteiger partial charge in [0.1, 0.15) is 0 Å². The van der Waals surface area contributed by atoms with Crippen LogP contribution in [0.3, 0.4) is 0 Å². The molecule has 0 aliphatic rings. The molecule has 0 amide bonds. The van der Waals surface area contributed by atoms with E-state index in [0.717, 1.165) is 17.5 Å². The minimum Gasteiger partial charge on any atom is -0.312 e. The van der Waals surface area contributed by atoms with E-state index in [0.29, 0.717) is 0 Å². The molecule has 0 spiro atoms. The van der Waals surface area contributed by atoms with Gasteiger partial charge in [-0.3, -0.25) is 0 Å². The van der Waals surface area contributed by atoms with Crippen LogP contribution < -0.4 is 5.32 Å². The van der Waals surface area contributed by atoms with Gasteiger partial charge < -0.3 is 5.32 Å². The summed E-state index contributed by atoms with van der Waals surface area (Å²) in [6.45, 7) is 3.97. The van der Waals surface area contributed by atoms with Gasteiger partial charge in [0.25, 0.3) is 0 Å². The fourth-order valence-electron chi connectivity index (χ4n) is 0.391. The third-order valence-corrected chi connectivity index (χ3v) is 1.77. The van der Waals surface area contributed by atoms with Gasteiger partial charge in [-0.2, -0.15) is 0 Å². The van der Waals surface area contributed by atoms with Gasteiger partial charge in [0.05, 0.1) is 0 Å². The van der Waals surface area contributed by atoms with Gasteiger partial charge in [0.2, 0.25) is 0 Å². The minimum atomic E-state index is 0.909. The standard InChI is InChI=1S/C6H11ClIN/c1-6(4-7)5-9-3-2-8/h4,9H,2-3,5H2,1H3/b6-4+. The van der Waals surface area contributed by atoms with Gasteiger partial charge in [-0.1, -0.05) is 34.2 Å². The van der Waals surface area contributed by atoms with Crippen molar-refractivity contribution in [3.8, 4) is 0 Å². The molecule has 0 aromatic heterocycles. The van der Waals surface area contributed by atoms with Gasteiger partial charge >= 0.3 is 0 Å². The maximum Gasteiger partial charge on any atom is 0.0173 e. The minimum absolute atomic E-state index is 0.909. The topological polar surface area (TPSA) is 12.0 Å². The molecular weight excluding hydrogens is 248 g/mol. The van der Waals surface area contributed by atoms with Crippen LogP contribution in [0.15, 0.2) is 11.1 Å². The number of alkyl halides is 1. The Balaban J connectivity index is 3.07. The van der Waals surface area contributed by atoms with Crippen LogP contribution in [0.4, 0.5) is 0 Å². The fraction of sp³-hybridized carbons (Fsp3) is 0.667. The Morgan fingerprint density at radius 1 is 1.78 bits per heavy atom. The van der Waals surface area contributed by atoms with Crippen molar-refractivity contribution in [1.29, 1.82) is 0 Å². The molecule has 0 unspecified atom stereocenters. The summed E-state index contributed by atoms with van der Waals surface area (Å²) in [5, 5.41) is 3.23. The van der Waals surface area contributed by atoms with Crippen molar-refractivity contribution >= 4 is 34.2 Å². The monoisotopic (exact) mass is 259 g/mol. The normalized spacial score (nSPS) is 12.1. The van der Waals surface area contributed by atoms with Crippen LogP contribution in [0, 0.1) is 0 Å². The first-order valence-corrected chi connectivity index (χ1v) is 4.80. The molecule has 0 atom stereocenters. The third kappa shape index (κ3) is 6.61. The first-order valence-electron chi connectivity index (χ1n) is 2.83. The predicted molar refractivity (Wildman–Crippen MR) is 51.4 cm³/mol.